The molecule has 2 atom stereocenters. The third-order valence-corrected chi connectivity index (χ3v) is 7.31. The van der Waals surface area contributed by atoms with Crippen LogP contribution in [0, 0.1) is 11.3 Å². The Morgan fingerprint density at radius 3 is 2.08 bits per heavy atom. The van der Waals surface area contributed by atoms with Crippen LogP contribution >= 0.6 is 0 Å². The fourth-order valence-corrected chi connectivity index (χ4v) is 5.26. The maximum Gasteiger partial charge on any atom is 0.411 e. The fraction of sp³-hybridized carbons (Fsp3) is 0.516. The van der Waals surface area contributed by atoms with Crippen LogP contribution in [0.15, 0.2) is 36.4 Å². The topological polar surface area (TPSA) is 103 Å². The van der Waals surface area contributed by atoms with E-state index in [-0.39, 0.29) is 40.7 Å². The highest BCUT2D eigenvalue weighted by molar-refractivity contribution is 6.01. The summed E-state index contributed by atoms with van der Waals surface area (Å²) in [6.07, 6.45) is 1.40. The molecule has 1 aliphatic rings. The summed E-state index contributed by atoms with van der Waals surface area (Å²) in [5.41, 5.74) is 3.05. The van der Waals surface area contributed by atoms with E-state index in [0.717, 1.165) is 29.5 Å². The van der Waals surface area contributed by atoms with E-state index in [2.05, 4.69) is 17.0 Å². The lowest BCUT2D eigenvalue weighted by Gasteiger charge is -2.28. The molecule has 0 aromatic heterocycles. The number of methoxy groups -OCH3 is 1. The Hall–Kier alpha value is -3.35. The number of ketones is 1. The van der Waals surface area contributed by atoms with E-state index in [0.29, 0.717) is 23.6 Å². The van der Waals surface area contributed by atoms with Crippen molar-refractivity contribution in [3.8, 4) is 5.75 Å². The predicted octanol–water partition coefficient (Wildman–Crippen LogP) is 6.84. The van der Waals surface area contributed by atoms with Crippen molar-refractivity contribution in [1.82, 2.24) is 4.90 Å². The van der Waals surface area contributed by atoms with Gasteiger partial charge in [0, 0.05) is 34.8 Å². The number of phenols is 1. The minimum atomic E-state index is -0.529. The molecule has 1 heterocycles. The van der Waals surface area contributed by atoms with Crippen molar-refractivity contribution in [2.75, 3.05) is 25.5 Å². The van der Waals surface area contributed by atoms with Crippen molar-refractivity contribution in [1.29, 1.82) is 5.41 Å². The van der Waals surface area contributed by atoms with Crippen LogP contribution in [0.2, 0.25) is 0 Å². The van der Waals surface area contributed by atoms with Gasteiger partial charge in [0.25, 0.3) is 0 Å². The third kappa shape index (κ3) is 6.37. The maximum atomic E-state index is 13.6. The molecule has 7 heteroatoms. The number of phenolic OH excluding ortho intramolecular Hbond substituents is 1. The molecule has 1 amide bonds. The number of nitrogens with zero attached hydrogens (tertiary/aromatic N) is 1. The molecule has 0 radical (unpaired) electrons. The number of rotatable bonds is 7. The van der Waals surface area contributed by atoms with E-state index < -0.39 is 6.09 Å². The predicted molar refractivity (Wildman–Crippen MR) is 153 cm³/mol. The van der Waals surface area contributed by atoms with Crippen molar-refractivity contribution >= 4 is 23.4 Å². The largest absolute Gasteiger partial charge is 0.507 e. The first-order chi connectivity index (χ1) is 17.7. The maximum absolute atomic E-state index is 13.6. The molecule has 1 aliphatic heterocycles. The molecule has 206 valence electrons. The highest BCUT2D eigenvalue weighted by atomic mass is 16.5. The van der Waals surface area contributed by atoms with Gasteiger partial charge in [0.15, 0.2) is 5.78 Å². The van der Waals surface area contributed by atoms with Crippen molar-refractivity contribution in [3.05, 3.63) is 58.7 Å². The molecule has 2 aromatic carbocycles. The summed E-state index contributed by atoms with van der Waals surface area (Å²) in [4.78, 5) is 27.0. The Morgan fingerprint density at radius 1 is 1.05 bits per heavy atom. The smallest absolute Gasteiger partial charge is 0.411 e. The first-order valence-corrected chi connectivity index (χ1v) is 13.4. The van der Waals surface area contributed by atoms with E-state index in [9.17, 15) is 14.7 Å². The molecular weight excluding hydrogens is 478 g/mol. The molecule has 1 saturated heterocycles. The molecule has 38 heavy (non-hydrogen) atoms. The number of hydrogen-bond donors (Lipinski definition) is 3. The zero-order chi connectivity index (χ0) is 28.4. The van der Waals surface area contributed by atoms with Crippen molar-refractivity contribution in [2.45, 2.75) is 78.1 Å². The highest BCUT2D eigenvalue weighted by Gasteiger charge is 2.39. The summed E-state index contributed by atoms with van der Waals surface area (Å²) in [5, 5.41) is 22.7. The van der Waals surface area contributed by atoms with E-state index in [1.807, 2.05) is 82.8 Å². The van der Waals surface area contributed by atoms with Gasteiger partial charge in [-0.2, -0.15) is 0 Å². The van der Waals surface area contributed by atoms with Gasteiger partial charge in [-0.05, 0) is 53.0 Å². The highest BCUT2D eigenvalue weighted by Crippen LogP contribution is 2.41. The van der Waals surface area contributed by atoms with Crippen LogP contribution in [-0.2, 0) is 15.6 Å². The molecular formula is C31H43N3O4. The zero-order valence-electron chi connectivity index (χ0n) is 24.1. The Kier molecular flexibility index (Phi) is 8.59. The van der Waals surface area contributed by atoms with Gasteiger partial charge in [-0.1, -0.05) is 67.0 Å². The molecule has 0 spiro atoms. The third-order valence-electron chi connectivity index (χ3n) is 7.31. The van der Waals surface area contributed by atoms with Gasteiger partial charge < -0.3 is 14.7 Å². The number of benzene rings is 2. The first-order valence-electron chi connectivity index (χ1n) is 13.4. The first kappa shape index (κ1) is 29.2. The summed E-state index contributed by atoms with van der Waals surface area (Å²) >= 11 is 0. The van der Waals surface area contributed by atoms with E-state index in [4.69, 9.17) is 5.41 Å². The zero-order valence-corrected chi connectivity index (χ0v) is 24.1. The van der Waals surface area contributed by atoms with Crippen LogP contribution in [-0.4, -0.2) is 47.9 Å². The molecule has 3 N–H and O–H groups in total. The lowest BCUT2D eigenvalue weighted by Crippen LogP contribution is -2.32. The summed E-state index contributed by atoms with van der Waals surface area (Å²) in [6.45, 7) is 15.1. The summed E-state index contributed by atoms with van der Waals surface area (Å²) < 4.78 is 4.66. The van der Waals surface area contributed by atoms with Crippen LogP contribution in [0.1, 0.15) is 94.3 Å². The summed E-state index contributed by atoms with van der Waals surface area (Å²) in [5.74, 6) is 0.735. The monoisotopic (exact) mass is 521 g/mol. The number of amides is 1. The van der Waals surface area contributed by atoms with Crippen LogP contribution in [0.4, 0.5) is 10.5 Å². The molecule has 3 rings (SSSR count). The molecule has 0 saturated carbocycles. The Bertz CT molecular complexity index is 1150. The number of hydrogen-bond acceptors (Lipinski definition) is 5. The van der Waals surface area contributed by atoms with Crippen LogP contribution < -0.4 is 5.32 Å². The van der Waals surface area contributed by atoms with Crippen LogP contribution in [0.25, 0.3) is 0 Å². The SMILES string of the molecule is CCC[C@H]1CN(CC(=O)c2cc(C(C)(C)C)c(O)c(C(C)(C)C)c2)C(=N)[C@@H]1c1ccc(NC(=O)OC)cc1. The second-order valence-electron chi connectivity index (χ2n) is 12.4. The summed E-state index contributed by atoms with van der Waals surface area (Å²) in [6, 6.07) is 11.1. The van der Waals surface area contributed by atoms with Gasteiger partial charge >= 0.3 is 6.09 Å². The fourth-order valence-electron chi connectivity index (χ4n) is 5.26. The van der Waals surface area contributed by atoms with Crippen LogP contribution in [0.3, 0.4) is 0 Å². The van der Waals surface area contributed by atoms with E-state index in [1.54, 1.807) is 0 Å². The molecule has 0 unspecified atom stereocenters. The van der Waals surface area contributed by atoms with Gasteiger partial charge in [0.05, 0.1) is 13.7 Å². The summed E-state index contributed by atoms with van der Waals surface area (Å²) in [7, 11) is 1.32. The van der Waals surface area contributed by atoms with Gasteiger partial charge in [0.2, 0.25) is 0 Å². The van der Waals surface area contributed by atoms with Gasteiger partial charge in [0.1, 0.15) is 11.6 Å². The average molecular weight is 522 g/mol. The average Bonchev–Trinajstić information content (AvgIpc) is 3.12. The number of nitrogens with one attached hydrogen (secondary N) is 2. The van der Waals surface area contributed by atoms with Gasteiger partial charge in [-0.15, -0.1) is 0 Å². The van der Waals surface area contributed by atoms with Crippen molar-refractivity contribution in [2.24, 2.45) is 5.92 Å². The molecule has 7 nitrogen and oxygen atoms in total. The number of likely N-dealkylation sites (tertiary alicyclic amines) is 1. The standard InChI is InChI=1S/C31H43N3O4/c1-9-10-20-17-34(28(32)26(20)19-11-13-22(14-12-19)33-29(37)38-8)18-25(35)21-15-23(30(2,3)4)27(36)24(16-21)31(5,6)7/h11-16,20,26,32,36H,9-10,17-18H2,1-8H3,(H,33,37)/t20-,26+/m0/s1. The molecule has 0 aliphatic carbocycles. The van der Waals surface area contributed by atoms with E-state index in [1.165, 1.54) is 7.11 Å². The number of carbonyl (C=O) groups excluding carboxylic acids is 2. The lowest BCUT2D eigenvalue weighted by molar-refractivity contribution is 0.0963. The minimum Gasteiger partial charge on any atom is -0.507 e. The Balaban J connectivity index is 1.88. The number of ether oxygens (including phenoxy) is 1. The minimum absolute atomic E-state index is 0.0562. The second-order valence-corrected chi connectivity index (χ2v) is 12.4. The number of anilines is 1. The number of carbonyl (C=O) groups is 2. The quantitative estimate of drug-likeness (QED) is 0.346. The molecule has 1 fully saturated rings. The Labute approximate surface area is 227 Å². The van der Waals surface area contributed by atoms with Gasteiger partial charge in [-0.3, -0.25) is 15.5 Å². The molecule has 2 aromatic rings. The second kappa shape index (κ2) is 11.2. The number of amidine groups is 1. The number of Topliss-reactive ketones (excluding diaryl/α,β-unsaturated/α-hetero) is 1. The van der Waals surface area contributed by atoms with Crippen molar-refractivity contribution in [3.63, 3.8) is 0 Å². The molecule has 0 bridgehead atoms. The van der Waals surface area contributed by atoms with Crippen LogP contribution in [0.5, 0.6) is 5.75 Å². The normalized spacial score (nSPS) is 18.0. The Morgan fingerprint density at radius 2 is 1.61 bits per heavy atom. The van der Waals surface area contributed by atoms with E-state index >= 15 is 0 Å². The number of aromatic hydroxyl groups is 1. The van der Waals surface area contributed by atoms with Crippen molar-refractivity contribution < 1.29 is 19.4 Å². The lowest BCUT2D eigenvalue weighted by atomic mass is 9.78. The van der Waals surface area contributed by atoms with Gasteiger partial charge in [-0.25, -0.2) is 4.79 Å².